The topological polar surface area (TPSA) is 56.2 Å². The molecule has 0 spiro atoms. The van der Waals surface area contributed by atoms with Crippen LogP contribution in [0.5, 0.6) is 0 Å². The van der Waals surface area contributed by atoms with E-state index in [-0.39, 0.29) is 5.69 Å². The highest BCUT2D eigenvalue weighted by atomic mass is 19.1. The van der Waals surface area contributed by atoms with Crippen LogP contribution in [-0.2, 0) is 0 Å². The molecule has 0 saturated heterocycles. The molecule has 6 heteroatoms. The summed E-state index contributed by atoms with van der Waals surface area (Å²) in [5.41, 5.74) is 6.68. The number of anilines is 1. The van der Waals surface area contributed by atoms with E-state index in [1.165, 1.54) is 28.8 Å². The fourth-order valence-electron chi connectivity index (χ4n) is 1.81. The number of halogens is 2. The second kappa shape index (κ2) is 3.76. The van der Waals surface area contributed by atoms with Crippen molar-refractivity contribution in [2.45, 2.75) is 0 Å². The zero-order valence-corrected chi connectivity index (χ0v) is 9.14. The molecule has 0 aliphatic rings. The van der Waals surface area contributed by atoms with Crippen molar-refractivity contribution in [3.63, 3.8) is 0 Å². The van der Waals surface area contributed by atoms with Crippen molar-refractivity contribution in [2.75, 3.05) is 5.73 Å². The average molecular weight is 246 g/mol. The van der Waals surface area contributed by atoms with Gasteiger partial charge in [-0.3, -0.25) is 4.40 Å². The summed E-state index contributed by atoms with van der Waals surface area (Å²) in [6.45, 7) is 0. The van der Waals surface area contributed by atoms with Crippen molar-refractivity contribution < 1.29 is 8.78 Å². The van der Waals surface area contributed by atoms with Gasteiger partial charge in [0, 0.05) is 17.8 Å². The minimum atomic E-state index is -0.502. The lowest BCUT2D eigenvalue weighted by Crippen LogP contribution is -1.96. The summed E-state index contributed by atoms with van der Waals surface area (Å²) in [4.78, 5) is 0. The number of benzene rings is 1. The minimum absolute atomic E-state index is 0.185. The second-order valence-corrected chi connectivity index (χ2v) is 3.84. The van der Waals surface area contributed by atoms with Crippen LogP contribution in [0.4, 0.5) is 14.5 Å². The fraction of sp³-hybridized carbons (Fsp3) is 0. The third-order valence-corrected chi connectivity index (χ3v) is 2.58. The van der Waals surface area contributed by atoms with Crippen LogP contribution >= 0.6 is 0 Å². The molecule has 18 heavy (non-hydrogen) atoms. The molecule has 2 heterocycles. The molecule has 0 atom stereocenters. The highest BCUT2D eigenvalue weighted by Crippen LogP contribution is 2.22. The molecule has 2 aromatic heterocycles. The number of rotatable bonds is 1. The molecular weight excluding hydrogens is 238 g/mol. The Kier molecular flexibility index (Phi) is 2.22. The zero-order valence-electron chi connectivity index (χ0n) is 9.14. The normalized spacial score (nSPS) is 11.0. The zero-order chi connectivity index (χ0) is 12.7. The first kappa shape index (κ1) is 10.6. The molecule has 0 bridgehead atoms. The van der Waals surface area contributed by atoms with Crippen LogP contribution in [-0.4, -0.2) is 14.6 Å². The van der Waals surface area contributed by atoms with E-state index in [2.05, 4.69) is 10.2 Å². The van der Waals surface area contributed by atoms with E-state index < -0.39 is 11.6 Å². The predicted octanol–water partition coefficient (Wildman–Crippen LogP) is 2.26. The van der Waals surface area contributed by atoms with Gasteiger partial charge in [-0.1, -0.05) is 12.1 Å². The standard InChI is InChI=1S/C12H8F2N4/c13-8-3-1-2-7(4-8)11-16-17-12-10(15)5-9(14)6-18(11)12/h1-6H,15H2. The number of nitrogen functional groups attached to an aromatic ring is 1. The number of nitrogens with two attached hydrogens (primary N) is 1. The molecule has 0 amide bonds. The molecule has 0 radical (unpaired) electrons. The molecule has 3 aromatic rings. The van der Waals surface area contributed by atoms with Crippen molar-refractivity contribution >= 4 is 11.3 Å². The molecular formula is C12H8F2N4. The Bertz CT molecular complexity index is 736. The summed E-state index contributed by atoms with van der Waals surface area (Å²) >= 11 is 0. The molecule has 4 nitrogen and oxygen atoms in total. The Morgan fingerprint density at radius 2 is 1.89 bits per heavy atom. The number of nitrogens with zero attached hydrogens (tertiary/aromatic N) is 3. The Morgan fingerprint density at radius 1 is 1.06 bits per heavy atom. The smallest absolute Gasteiger partial charge is 0.184 e. The first-order chi connectivity index (χ1) is 8.65. The van der Waals surface area contributed by atoms with Gasteiger partial charge in [0.1, 0.15) is 11.6 Å². The quantitative estimate of drug-likeness (QED) is 0.716. The Morgan fingerprint density at radius 3 is 2.67 bits per heavy atom. The number of hydrogen-bond acceptors (Lipinski definition) is 3. The number of aromatic nitrogens is 3. The van der Waals surface area contributed by atoms with Crippen LogP contribution in [0.15, 0.2) is 36.5 Å². The van der Waals surface area contributed by atoms with Gasteiger partial charge in [-0.25, -0.2) is 8.78 Å². The maximum Gasteiger partial charge on any atom is 0.184 e. The minimum Gasteiger partial charge on any atom is -0.396 e. The lowest BCUT2D eigenvalue weighted by atomic mass is 10.2. The van der Waals surface area contributed by atoms with E-state index in [9.17, 15) is 8.78 Å². The van der Waals surface area contributed by atoms with Gasteiger partial charge in [-0.05, 0) is 12.1 Å². The first-order valence-electron chi connectivity index (χ1n) is 5.21. The first-order valence-corrected chi connectivity index (χ1v) is 5.21. The molecule has 90 valence electrons. The van der Waals surface area contributed by atoms with Gasteiger partial charge in [0.05, 0.1) is 5.69 Å². The molecule has 0 fully saturated rings. The predicted molar refractivity (Wildman–Crippen MR) is 62.8 cm³/mol. The van der Waals surface area contributed by atoms with E-state index in [0.717, 1.165) is 0 Å². The van der Waals surface area contributed by atoms with E-state index in [0.29, 0.717) is 17.0 Å². The van der Waals surface area contributed by atoms with Gasteiger partial charge in [0.2, 0.25) is 0 Å². The summed E-state index contributed by atoms with van der Waals surface area (Å²) in [7, 11) is 0. The van der Waals surface area contributed by atoms with Gasteiger partial charge in [-0.15, -0.1) is 10.2 Å². The molecule has 0 saturated carbocycles. The fourth-order valence-corrected chi connectivity index (χ4v) is 1.81. The third kappa shape index (κ3) is 1.58. The number of pyridine rings is 1. The van der Waals surface area contributed by atoms with Crippen LogP contribution < -0.4 is 5.73 Å². The highest BCUT2D eigenvalue weighted by Gasteiger charge is 2.11. The van der Waals surface area contributed by atoms with Gasteiger partial charge in [-0.2, -0.15) is 0 Å². The Labute approximate surface area is 101 Å². The van der Waals surface area contributed by atoms with E-state index in [1.807, 2.05) is 0 Å². The molecule has 1 aromatic carbocycles. The van der Waals surface area contributed by atoms with E-state index >= 15 is 0 Å². The molecule has 0 unspecified atom stereocenters. The van der Waals surface area contributed by atoms with Gasteiger partial charge < -0.3 is 5.73 Å². The Hall–Kier alpha value is -2.50. The lowest BCUT2D eigenvalue weighted by Gasteiger charge is -2.02. The average Bonchev–Trinajstić information content (AvgIpc) is 2.72. The van der Waals surface area contributed by atoms with Crippen molar-refractivity contribution in [1.82, 2.24) is 14.6 Å². The summed E-state index contributed by atoms with van der Waals surface area (Å²) in [6.07, 6.45) is 1.21. The van der Waals surface area contributed by atoms with Crippen molar-refractivity contribution in [2.24, 2.45) is 0 Å². The van der Waals surface area contributed by atoms with Gasteiger partial charge >= 0.3 is 0 Å². The van der Waals surface area contributed by atoms with Gasteiger partial charge in [0.25, 0.3) is 0 Å². The summed E-state index contributed by atoms with van der Waals surface area (Å²) in [5.74, 6) is -0.554. The SMILES string of the molecule is Nc1cc(F)cn2c(-c3cccc(F)c3)nnc12. The van der Waals surface area contributed by atoms with Crippen molar-refractivity contribution in [1.29, 1.82) is 0 Å². The maximum absolute atomic E-state index is 13.3. The van der Waals surface area contributed by atoms with Crippen LogP contribution in [0.25, 0.3) is 17.0 Å². The Balaban J connectivity index is 2.30. The molecule has 3 rings (SSSR count). The summed E-state index contributed by atoms with van der Waals surface area (Å²) < 4.78 is 27.9. The van der Waals surface area contributed by atoms with Crippen LogP contribution in [0.2, 0.25) is 0 Å². The number of hydrogen-bond donors (Lipinski definition) is 1. The molecule has 0 aliphatic heterocycles. The van der Waals surface area contributed by atoms with Gasteiger partial charge in [0.15, 0.2) is 11.5 Å². The monoisotopic (exact) mass is 246 g/mol. The van der Waals surface area contributed by atoms with Crippen LogP contribution in [0.1, 0.15) is 0 Å². The van der Waals surface area contributed by atoms with Crippen LogP contribution in [0, 0.1) is 11.6 Å². The van der Waals surface area contributed by atoms with E-state index in [4.69, 9.17) is 5.73 Å². The molecule has 2 N–H and O–H groups in total. The van der Waals surface area contributed by atoms with Crippen molar-refractivity contribution in [3.8, 4) is 11.4 Å². The largest absolute Gasteiger partial charge is 0.396 e. The van der Waals surface area contributed by atoms with E-state index in [1.54, 1.807) is 12.1 Å². The highest BCUT2D eigenvalue weighted by molar-refractivity contribution is 5.69. The number of fused-ring (bicyclic) bond motifs is 1. The third-order valence-electron chi connectivity index (χ3n) is 2.58. The lowest BCUT2D eigenvalue weighted by molar-refractivity contribution is 0.620. The van der Waals surface area contributed by atoms with Crippen molar-refractivity contribution in [3.05, 3.63) is 48.2 Å². The second-order valence-electron chi connectivity index (χ2n) is 3.84. The maximum atomic E-state index is 13.3. The summed E-state index contributed by atoms with van der Waals surface area (Å²) in [6, 6.07) is 7.01. The molecule has 0 aliphatic carbocycles. The summed E-state index contributed by atoms with van der Waals surface area (Å²) in [5, 5.41) is 7.77. The van der Waals surface area contributed by atoms with Crippen LogP contribution in [0.3, 0.4) is 0 Å².